The number of ether oxygens (including phenoxy) is 1. The minimum Gasteiger partial charge on any atom is -0.483 e. The number of hydrogen-bond acceptors (Lipinski definition) is 5. The van der Waals surface area contributed by atoms with E-state index in [1.807, 2.05) is 0 Å². The minimum atomic E-state index is -1.20. The van der Waals surface area contributed by atoms with Crippen molar-refractivity contribution in [2.24, 2.45) is 0 Å². The Morgan fingerprint density at radius 3 is 2.49 bits per heavy atom. The van der Waals surface area contributed by atoms with Gasteiger partial charge in [0, 0.05) is 43.0 Å². The van der Waals surface area contributed by atoms with E-state index in [4.69, 9.17) is 4.74 Å². The molecule has 0 saturated heterocycles. The van der Waals surface area contributed by atoms with Gasteiger partial charge in [0.15, 0.2) is 11.4 Å². The predicted molar refractivity (Wildman–Crippen MR) is 134 cm³/mol. The van der Waals surface area contributed by atoms with E-state index in [0.717, 1.165) is 6.20 Å². The lowest BCUT2D eigenvalue weighted by molar-refractivity contribution is 0.0530. The summed E-state index contributed by atoms with van der Waals surface area (Å²) >= 11 is 0. The summed E-state index contributed by atoms with van der Waals surface area (Å²) < 4.78 is 48.7. The zero-order valence-electron chi connectivity index (χ0n) is 20.7. The Kier molecular flexibility index (Phi) is 7.00. The van der Waals surface area contributed by atoms with Crippen LogP contribution in [0.25, 0.3) is 0 Å². The number of halogens is 3. The van der Waals surface area contributed by atoms with Crippen LogP contribution in [0.5, 0.6) is 5.75 Å². The molecule has 2 N–H and O–H groups in total. The molecule has 39 heavy (non-hydrogen) atoms. The fourth-order valence-corrected chi connectivity index (χ4v) is 4.75. The van der Waals surface area contributed by atoms with E-state index in [1.165, 1.54) is 9.47 Å². The topological polar surface area (TPSA) is 101 Å². The van der Waals surface area contributed by atoms with Crippen LogP contribution in [0.2, 0.25) is 0 Å². The average molecular weight is 540 g/mol. The number of carbonyl (C=O) groups is 2. The summed E-state index contributed by atoms with van der Waals surface area (Å²) in [6, 6.07) is 8.71. The number of carbonyl (C=O) groups excluding carboxylic acids is 2. The van der Waals surface area contributed by atoms with Gasteiger partial charge < -0.3 is 24.6 Å². The molecule has 3 atom stereocenters. The van der Waals surface area contributed by atoms with Crippen molar-refractivity contribution < 1.29 is 32.6 Å². The maximum absolute atomic E-state index is 14.1. The van der Waals surface area contributed by atoms with E-state index in [1.54, 1.807) is 49.4 Å². The summed E-state index contributed by atoms with van der Waals surface area (Å²) in [6.45, 7) is 1.12. The Hall–Kier alpha value is -4.38. The zero-order valence-corrected chi connectivity index (χ0v) is 20.7. The van der Waals surface area contributed by atoms with Gasteiger partial charge in [-0.15, -0.1) is 0 Å². The molecule has 0 saturated carbocycles. The van der Waals surface area contributed by atoms with Gasteiger partial charge in [-0.2, -0.15) is 0 Å². The number of rotatable bonds is 6. The van der Waals surface area contributed by atoms with E-state index < -0.39 is 64.5 Å². The second-order valence-electron chi connectivity index (χ2n) is 9.40. The first-order valence-corrected chi connectivity index (χ1v) is 12.2. The molecular formula is C28H24F3N3O5. The molecule has 5 rings (SSSR count). The highest BCUT2D eigenvalue weighted by Crippen LogP contribution is 2.33. The van der Waals surface area contributed by atoms with E-state index in [0.29, 0.717) is 17.7 Å². The molecule has 0 fully saturated rings. The highest BCUT2D eigenvalue weighted by atomic mass is 19.1. The number of amides is 2. The number of fused-ring (bicyclic) bond motifs is 4. The molecular weight excluding hydrogens is 515 g/mol. The quantitative estimate of drug-likeness (QED) is 0.469. The number of aliphatic hydroxyl groups excluding tert-OH is 1. The van der Waals surface area contributed by atoms with Crippen LogP contribution in [-0.2, 0) is 13.2 Å². The van der Waals surface area contributed by atoms with Crippen LogP contribution >= 0.6 is 0 Å². The SMILES string of the molecule is CC1C=C[C@H](O)C2CN1C(=O)c1c(OCc3ccccc3)c(=O)c(C(=O)NCc3c(F)cc(F)cc3F)cn12. The van der Waals surface area contributed by atoms with Gasteiger partial charge in [0.05, 0.1) is 12.1 Å². The number of pyridine rings is 1. The van der Waals surface area contributed by atoms with Crippen LogP contribution in [0.3, 0.4) is 0 Å². The van der Waals surface area contributed by atoms with Gasteiger partial charge >= 0.3 is 0 Å². The Bertz CT molecular complexity index is 1520. The Morgan fingerprint density at radius 1 is 1.10 bits per heavy atom. The van der Waals surface area contributed by atoms with Gasteiger partial charge in [-0.1, -0.05) is 42.5 Å². The molecule has 0 spiro atoms. The van der Waals surface area contributed by atoms with Crippen molar-refractivity contribution in [2.45, 2.75) is 38.3 Å². The van der Waals surface area contributed by atoms with Crippen molar-refractivity contribution in [3.8, 4) is 5.75 Å². The average Bonchev–Trinajstić information content (AvgIpc) is 3.03. The molecule has 2 aliphatic rings. The van der Waals surface area contributed by atoms with E-state index in [2.05, 4.69) is 5.32 Å². The molecule has 11 heteroatoms. The fourth-order valence-electron chi connectivity index (χ4n) is 4.75. The molecule has 2 unspecified atom stereocenters. The first-order valence-electron chi connectivity index (χ1n) is 12.2. The number of benzene rings is 2. The van der Waals surface area contributed by atoms with Crippen LogP contribution in [0.1, 0.15) is 44.9 Å². The number of nitrogens with one attached hydrogen (secondary N) is 1. The van der Waals surface area contributed by atoms with Gasteiger partial charge in [0.25, 0.3) is 11.8 Å². The number of aliphatic hydroxyl groups is 1. The standard InChI is InChI=1S/C28H24F3N3O5/c1-15-7-8-23(35)22-13-33(15)28(38)24-26(39-14-16-5-3-2-4-6-16)25(36)19(12-34(22)24)27(37)32-11-18-20(30)9-17(29)10-21(18)31/h2-10,12,15,22-23,35H,11,13-14H2,1H3,(H,32,37)/t15?,22?,23-/m0/s1. The third kappa shape index (κ3) is 4.92. The van der Waals surface area contributed by atoms with Gasteiger partial charge in [0.1, 0.15) is 29.6 Å². The third-order valence-corrected chi connectivity index (χ3v) is 6.87. The van der Waals surface area contributed by atoms with E-state index in [9.17, 15) is 32.7 Å². The second-order valence-corrected chi connectivity index (χ2v) is 9.40. The summed E-state index contributed by atoms with van der Waals surface area (Å²) in [5.74, 6) is -5.40. The Labute approximate surface area is 220 Å². The molecule has 2 amide bonds. The number of nitrogens with zero attached hydrogens (tertiary/aromatic N) is 2. The van der Waals surface area contributed by atoms with Crippen LogP contribution < -0.4 is 15.5 Å². The monoisotopic (exact) mass is 539 g/mol. The van der Waals surface area contributed by atoms with Crippen LogP contribution in [0.15, 0.2) is 65.6 Å². The molecule has 3 aromatic rings. The van der Waals surface area contributed by atoms with Crippen LogP contribution in [0, 0.1) is 17.5 Å². The van der Waals surface area contributed by atoms with Crippen molar-refractivity contribution >= 4 is 11.8 Å². The van der Waals surface area contributed by atoms with E-state index >= 15 is 0 Å². The summed E-state index contributed by atoms with van der Waals surface area (Å²) in [5, 5.41) is 13.1. The minimum absolute atomic E-state index is 0.0888. The Morgan fingerprint density at radius 2 is 1.79 bits per heavy atom. The molecule has 8 nitrogen and oxygen atoms in total. The molecule has 2 bridgehead atoms. The van der Waals surface area contributed by atoms with Crippen molar-refractivity contribution in [2.75, 3.05) is 6.54 Å². The molecule has 0 radical (unpaired) electrons. The van der Waals surface area contributed by atoms with Gasteiger partial charge in [-0.05, 0) is 12.5 Å². The molecule has 2 aliphatic heterocycles. The maximum atomic E-state index is 14.1. The predicted octanol–water partition coefficient (Wildman–Crippen LogP) is 3.09. The summed E-state index contributed by atoms with van der Waals surface area (Å²) in [7, 11) is 0. The van der Waals surface area contributed by atoms with E-state index in [-0.39, 0.29) is 30.6 Å². The normalized spacial score (nSPS) is 19.9. The lowest BCUT2D eigenvalue weighted by Gasteiger charge is -2.38. The van der Waals surface area contributed by atoms with Crippen molar-refractivity contribution in [3.63, 3.8) is 0 Å². The first-order chi connectivity index (χ1) is 18.7. The number of aromatic nitrogens is 1. The smallest absolute Gasteiger partial charge is 0.275 e. The molecule has 2 aromatic carbocycles. The molecule has 0 aliphatic carbocycles. The van der Waals surface area contributed by atoms with Gasteiger partial charge in [0.2, 0.25) is 5.43 Å². The van der Waals surface area contributed by atoms with Gasteiger partial charge in [-0.25, -0.2) is 13.2 Å². The van der Waals surface area contributed by atoms with Crippen LogP contribution in [-0.4, -0.2) is 45.1 Å². The largest absolute Gasteiger partial charge is 0.483 e. The maximum Gasteiger partial charge on any atom is 0.275 e. The van der Waals surface area contributed by atoms with Crippen molar-refractivity contribution in [3.05, 3.63) is 111 Å². The third-order valence-electron chi connectivity index (χ3n) is 6.87. The highest BCUT2D eigenvalue weighted by Gasteiger charge is 2.41. The Balaban J connectivity index is 1.57. The van der Waals surface area contributed by atoms with Crippen LogP contribution in [0.4, 0.5) is 13.2 Å². The lowest BCUT2D eigenvalue weighted by atomic mass is 10.0. The molecule has 3 heterocycles. The second kappa shape index (κ2) is 10.4. The zero-order chi connectivity index (χ0) is 27.8. The van der Waals surface area contributed by atoms with Crippen molar-refractivity contribution in [1.82, 2.24) is 14.8 Å². The highest BCUT2D eigenvalue weighted by molar-refractivity contribution is 5.99. The summed E-state index contributed by atoms with van der Waals surface area (Å²) in [5.41, 5.74) is -1.37. The number of hydrogen-bond donors (Lipinski definition) is 2. The summed E-state index contributed by atoms with van der Waals surface area (Å²) in [4.78, 5) is 41.7. The van der Waals surface area contributed by atoms with Crippen molar-refractivity contribution in [1.29, 1.82) is 0 Å². The first kappa shape index (κ1) is 26.2. The molecule has 1 aromatic heterocycles. The lowest BCUT2D eigenvalue weighted by Crippen LogP contribution is -2.49. The van der Waals surface area contributed by atoms with Gasteiger partial charge in [-0.3, -0.25) is 14.4 Å². The summed E-state index contributed by atoms with van der Waals surface area (Å²) in [6.07, 6.45) is 3.32. The molecule has 202 valence electrons. The fraction of sp³-hybridized carbons (Fsp3) is 0.250.